The molecule has 0 radical (unpaired) electrons. The summed E-state index contributed by atoms with van der Waals surface area (Å²) in [5.41, 5.74) is 0.825. The highest BCUT2D eigenvalue weighted by atomic mass is 32.1. The number of carbonyl (C=O) groups is 2. The van der Waals surface area contributed by atoms with Gasteiger partial charge in [0.05, 0.1) is 6.20 Å². The van der Waals surface area contributed by atoms with Crippen molar-refractivity contribution in [2.24, 2.45) is 5.92 Å². The molecule has 0 aromatic carbocycles. The molecular formula is C17H19N5O2S. The van der Waals surface area contributed by atoms with Crippen LogP contribution < -0.4 is 5.32 Å². The van der Waals surface area contributed by atoms with Gasteiger partial charge in [-0.3, -0.25) is 19.5 Å². The molecule has 2 aromatic heterocycles. The standard InChI is InChI=1S/C17H19N5O2S/c1-11(2)7-13(17(24)22(3)10-18)21-15(23)14-9-20-16(25-14)12-5-4-6-19-8-12/h4-6,8-9,11,13H,7H2,1-3H3,(H,21,23). The monoisotopic (exact) mass is 357 g/mol. The molecule has 25 heavy (non-hydrogen) atoms. The highest BCUT2D eigenvalue weighted by molar-refractivity contribution is 7.16. The van der Waals surface area contributed by atoms with Crippen molar-refractivity contribution in [1.29, 1.82) is 5.26 Å². The Morgan fingerprint density at radius 2 is 2.16 bits per heavy atom. The molecule has 0 saturated heterocycles. The van der Waals surface area contributed by atoms with E-state index in [2.05, 4.69) is 15.3 Å². The summed E-state index contributed by atoms with van der Waals surface area (Å²) in [5.74, 6) is -0.617. The maximum Gasteiger partial charge on any atom is 0.263 e. The van der Waals surface area contributed by atoms with Gasteiger partial charge in [-0.2, -0.15) is 5.26 Å². The molecule has 1 N–H and O–H groups in total. The fourth-order valence-electron chi connectivity index (χ4n) is 2.21. The van der Waals surface area contributed by atoms with Crippen molar-refractivity contribution in [2.45, 2.75) is 26.3 Å². The summed E-state index contributed by atoms with van der Waals surface area (Å²) in [5, 5.41) is 12.3. The number of likely N-dealkylation sites (N-methyl/N-ethyl adjacent to an activating group) is 1. The van der Waals surface area contributed by atoms with Crippen molar-refractivity contribution in [3.63, 3.8) is 0 Å². The first kappa shape index (κ1) is 18.5. The quantitative estimate of drug-likeness (QED) is 0.632. The van der Waals surface area contributed by atoms with Crippen LogP contribution in [0.2, 0.25) is 0 Å². The molecule has 2 rings (SSSR count). The van der Waals surface area contributed by atoms with Crippen LogP contribution in [0, 0.1) is 17.4 Å². The minimum absolute atomic E-state index is 0.189. The lowest BCUT2D eigenvalue weighted by molar-refractivity contribution is -0.129. The smallest absolute Gasteiger partial charge is 0.263 e. The summed E-state index contributed by atoms with van der Waals surface area (Å²) in [6.45, 7) is 3.90. The van der Waals surface area contributed by atoms with Gasteiger partial charge in [0.2, 0.25) is 0 Å². The Balaban J connectivity index is 2.14. The summed E-state index contributed by atoms with van der Waals surface area (Å²) in [7, 11) is 1.38. The molecule has 0 fully saturated rings. The molecule has 0 aliphatic rings. The first-order valence-corrected chi connectivity index (χ1v) is 8.58. The Morgan fingerprint density at radius 3 is 2.76 bits per heavy atom. The van der Waals surface area contributed by atoms with Gasteiger partial charge in [-0.1, -0.05) is 13.8 Å². The molecule has 7 nitrogen and oxygen atoms in total. The largest absolute Gasteiger partial charge is 0.339 e. The Kier molecular flexibility index (Phi) is 6.19. The third kappa shape index (κ3) is 4.84. The van der Waals surface area contributed by atoms with Gasteiger partial charge in [-0.15, -0.1) is 11.3 Å². The normalized spacial score (nSPS) is 11.6. The van der Waals surface area contributed by atoms with Crippen molar-refractivity contribution in [3.05, 3.63) is 35.6 Å². The first-order valence-electron chi connectivity index (χ1n) is 7.76. The van der Waals surface area contributed by atoms with Crippen molar-refractivity contribution in [2.75, 3.05) is 7.05 Å². The number of pyridine rings is 1. The van der Waals surface area contributed by atoms with E-state index >= 15 is 0 Å². The van der Waals surface area contributed by atoms with Crippen LogP contribution in [-0.2, 0) is 4.79 Å². The highest BCUT2D eigenvalue weighted by Crippen LogP contribution is 2.24. The van der Waals surface area contributed by atoms with Gasteiger partial charge in [0.1, 0.15) is 15.9 Å². The van der Waals surface area contributed by atoms with Crippen LogP contribution in [0.3, 0.4) is 0 Å². The van der Waals surface area contributed by atoms with Crippen LogP contribution >= 0.6 is 11.3 Å². The van der Waals surface area contributed by atoms with E-state index in [0.717, 1.165) is 10.5 Å². The van der Waals surface area contributed by atoms with Crippen LogP contribution in [-0.4, -0.2) is 39.8 Å². The fourth-order valence-corrected chi connectivity index (χ4v) is 3.02. The third-order valence-electron chi connectivity index (χ3n) is 3.43. The predicted octanol–water partition coefficient (Wildman–Crippen LogP) is 2.29. The number of amides is 2. The van der Waals surface area contributed by atoms with Gasteiger partial charge in [0, 0.05) is 25.0 Å². The molecule has 0 spiro atoms. The predicted molar refractivity (Wildman–Crippen MR) is 94.4 cm³/mol. The minimum Gasteiger partial charge on any atom is -0.339 e. The topological polar surface area (TPSA) is 99.0 Å². The van der Waals surface area contributed by atoms with Gasteiger partial charge in [-0.25, -0.2) is 4.98 Å². The lowest BCUT2D eigenvalue weighted by atomic mass is 10.0. The minimum atomic E-state index is -0.749. The van der Waals surface area contributed by atoms with Crippen molar-refractivity contribution in [1.82, 2.24) is 20.2 Å². The molecule has 0 bridgehead atoms. The maximum atomic E-state index is 12.5. The average Bonchev–Trinajstić information content (AvgIpc) is 3.10. The van der Waals surface area contributed by atoms with Crippen LogP contribution in [0.25, 0.3) is 10.6 Å². The van der Waals surface area contributed by atoms with Crippen molar-refractivity contribution < 1.29 is 9.59 Å². The average molecular weight is 357 g/mol. The maximum absolute atomic E-state index is 12.5. The zero-order chi connectivity index (χ0) is 18.4. The zero-order valence-corrected chi connectivity index (χ0v) is 15.1. The summed E-state index contributed by atoms with van der Waals surface area (Å²) in [6, 6.07) is 2.91. The highest BCUT2D eigenvalue weighted by Gasteiger charge is 2.26. The number of hydrogen-bond donors (Lipinski definition) is 1. The molecular weight excluding hydrogens is 338 g/mol. The molecule has 1 atom stereocenters. The Morgan fingerprint density at radius 1 is 1.40 bits per heavy atom. The van der Waals surface area contributed by atoms with E-state index in [-0.39, 0.29) is 11.8 Å². The second-order valence-electron chi connectivity index (χ2n) is 5.92. The molecule has 1 unspecified atom stereocenters. The number of rotatable bonds is 6. The second kappa shape index (κ2) is 8.35. The van der Waals surface area contributed by atoms with E-state index in [1.807, 2.05) is 19.9 Å². The molecule has 2 heterocycles. The van der Waals surface area contributed by atoms with E-state index in [0.29, 0.717) is 16.3 Å². The van der Waals surface area contributed by atoms with Gasteiger partial charge in [-0.05, 0) is 24.5 Å². The van der Waals surface area contributed by atoms with E-state index in [9.17, 15) is 9.59 Å². The molecule has 0 saturated carbocycles. The molecule has 130 valence electrons. The fraction of sp³-hybridized carbons (Fsp3) is 0.353. The number of hydrogen-bond acceptors (Lipinski definition) is 6. The van der Waals surface area contributed by atoms with Gasteiger partial charge in [0.15, 0.2) is 6.19 Å². The van der Waals surface area contributed by atoms with E-state index in [1.165, 1.54) is 24.6 Å². The lowest BCUT2D eigenvalue weighted by Gasteiger charge is -2.21. The molecule has 2 amide bonds. The first-order chi connectivity index (χ1) is 11.9. The zero-order valence-electron chi connectivity index (χ0n) is 14.3. The summed E-state index contributed by atoms with van der Waals surface area (Å²) in [6.07, 6.45) is 7.04. The summed E-state index contributed by atoms with van der Waals surface area (Å²) in [4.78, 5) is 34.4. The van der Waals surface area contributed by atoms with Crippen LogP contribution in [0.4, 0.5) is 0 Å². The number of thiazole rings is 1. The number of nitriles is 1. The van der Waals surface area contributed by atoms with E-state index in [1.54, 1.807) is 24.7 Å². The summed E-state index contributed by atoms with van der Waals surface area (Å²) >= 11 is 1.23. The van der Waals surface area contributed by atoms with Crippen LogP contribution in [0.15, 0.2) is 30.7 Å². The molecule has 8 heteroatoms. The Labute approximate surface area is 150 Å². The van der Waals surface area contributed by atoms with Gasteiger partial charge in [0.25, 0.3) is 11.8 Å². The van der Waals surface area contributed by atoms with Crippen LogP contribution in [0.5, 0.6) is 0 Å². The van der Waals surface area contributed by atoms with Gasteiger partial charge >= 0.3 is 0 Å². The number of nitrogens with one attached hydrogen (secondary N) is 1. The number of nitrogens with zero attached hydrogens (tertiary/aromatic N) is 4. The molecule has 0 aliphatic carbocycles. The van der Waals surface area contributed by atoms with E-state index in [4.69, 9.17) is 5.26 Å². The Bertz CT molecular complexity index is 782. The van der Waals surface area contributed by atoms with Crippen molar-refractivity contribution in [3.8, 4) is 16.8 Å². The number of aromatic nitrogens is 2. The van der Waals surface area contributed by atoms with Gasteiger partial charge < -0.3 is 5.32 Å². The summed E-state index contributed by atoms with van der Waals surface area (Å²) < 4.78 is 0. The second-order valence-corrected chi connectivity index (χ2v) is 6.95. The van der Waals surface area contributed by atoms with Crippen LogP contribution in [0.1, 0.15) is 29.9 Å². The molecule has 2 aromatic rings. The third-order valence-corrected chi connectivity index (χ3v) is 4.47. The SMILES string of the molecule is CC(C)CC(NC(=O)c1cnc(-c2cccnc2)s1)C(=O)N(C)C#N. The number of carbonyl (C=O) groups excluding carboxylic acids is 2. The molecule has 0 aliphatic heterocycles. The Hall–Kier alpha value is -2.79. The van der Waals surface area contributed by atoms with Crippen molar-refractivity contribution >= 4 is 23.2 Å². The lowest BCUT2D eigenvalue weighted by Crippen LogP contribution is -2.46. The van der Waals surface area contributed by atoms with E-state index < -0.39 is 11.9 Å².